The van der Waals surface area contributed by atoms with Crippen molar-refractivity contribution in [3.63, 3.8) is 0 Å². The minimum atomic E-state index is 0. The molecule has 0 N–H and O–H groups in total. The van der Waals surface area contributed by atoms with Crippen LogP contribution in [0.25, 0.3) is 0 Å². The van der Waals surface area contributed by atoms with E-state index in [1.165, 1.54) is 0 Å². The smallest absolute Gasteiger partial charge is 0 e. The van der Waals surface area contributed by atoms with E-state index in [0.717, 1.165) is 5.56 Å². The van der Waals surface area contributed by atoms with E-state index in [0.29, 0.717) is 0 Å². The number of benzene rings is 1. The normalized spacial score (nSPS) is 5.45. The second-order valence-corrected chi connectivity index (χ2v) is 1.49. The molecule has 0 aliphatic rings. The van der Waals surface area contributed by atoms with Gasteiger partial charge < -0.3 is 14.9 Å². The van der Waals surface area contributed by atoms with Gasteiger partial charge in [-0.3, -0.25) is 0 Å². The second kappa shape index (κ2) is 12.8. The molecule has 0 heterocycles. The monoisotopic (exact) mass is 265 g/mol. The molecule has 0 aliphatic carbocycles. The Balaban J connectivity index is -0.0000000612. The second-order valence-electron chi connectivity index (χ2n) is 1.49. The van der Waals surface area contributed by atoms with Gasteiger partial charge in [0, 0.05) is 19.5 Å². The number of hydrogen-bond donors (Lipinski definition) is 0. The zero-order valence-electron chi connectivity index (χ0n) is 7.21. The van der Waals surface area contributed by atoms with Crippen LogP contribution in [-0.4, -0.2) is 0 Å². The van der Waals surface area contributed by atoms with Crippen LogP contribution < -0.4 is 0 Å². The van der Waals surface area contributed by atoms with Gasteiger partial charge in [-0.15, -0.1) is 29.1 Å². The van der Waals surface area contributed by atoms with Crippen molar-refractivity contribution >= 4 is 17.0 Å². The summed E-state index contributed by atoms with van der Waals surface area (Å²) < 4.78 is 0. The molecule has 0 fully saturated rings. The molecule has 11 heavy (non-hydrogen) atoms. The van der Waals surface area contributed by atoms with E-state index in [9.17, 15) is 0 Å². The van der Waals surface area contributed by atoms with Crippen LogP contribution in [0.5, 0.6) is 0 Å². The van der Waals surface area contributed by atoms with Crippen molar-refractivity contribution in [1.29, 1.82) is 0 Å². The minimum Gasteiger partial charge on any atom is -0.358 e. The van der Waals surface area contributed by atoms with Crippen LogP contribution in [0.4, 0.5) is 0 Å². The van der Waals surface area contributed by atoms with Gasteiger partial charge in [-0.1, -0.05) is 6.07 Å². The van der Waals surface area contributed by atoms with Gasteiger partial charge >= 0.3 is 0 Å². The summed E-state index contributed by atoms with van der Waals surface area (Å²) in [6, 6.07) is 9.87. The molecule has 0 aromatic heterocycles. The summed E-state index contributed by atoms with van der Waals surface area (Å²) in [4.78, 5) is 0. The van der Waals surface area contributed by atoms with Crippen LogP contribution in [0, 0.1) is 21.8 Å². The van der Waals surface area contributed by atoms with Gasteiger partial charge in [-0.05, 0) is 0 Å². The molecular weight excluding hydrogens is 253 g/mol. The maximum Gasteiger partial charge on any atom is 0 e. The fourth-order valence-electron chi connectivity index (χ4n) is 0.478. The predicted molar refractivity (Wildman–Crippen MR) is 54.1 cm³/mol. The molecule has 1 aromatic carbocycles. The first-order chi connectivity index (χ1) is 3.39. The largest absolute Gasteiger partial charge is 0.358 e. The molecule has 0 unspecified atom stereocenters. The summed E-state index contributed by atoms with van der Waals surface area (Å²) in [5.41, 5.74) is 1.07. The molecule has 0 nitrogen and oxygen atoms in total. The molecule has 1 aromatic rings. The van der Waals surface area contributed by atoms with E-state index in [-0.39, 0.29) is 51.3 Å². The molecule has 0 saturated heterocycles. The van der Waals surface area contributed by atoms with Crippen LogP contribution in [0.3, 0.4) is 0 Å². The molecule has 0 atom stereocenters. The Morgan fingerprint density at radius 1 is 0.909 bits per heavy atom. The molecule has 0 bridgehead atoms. The Labute approximate surface area is 93.9 Å². The van der Waals surface area contributed by atoms with Gasteiger partial charge in [0.05, 0.1) is 0 Å². The molecule has 0 amide bonds. The fraction of sp³-hybridized carbons (Fsp3) is 0. The summed E-state index contributed by atoms with van der Waals surface area (Å²) in [6.07, 6.45) is 0. The number of hydrogen-bond acceptors (Lipinski definition) is 0. The Morgan fingerprint density at radius 2 is 1.27 bits per heavy atom. The first kappa shape index (κ1) is 22.5. The van der Waals surface area contributed by atoms with Crippen LogP contribution in [-0.2, 0) is 19.5 Å². The topological polar surface area (TPSA) is 0 Å². The minimum absolute atomic E-state index is 0. The molecule has 0 aliphatic heterocycles. The van der Waals surface area contributed by atoms with Crippen molar-refractivity contribution in [1.82, 2.24) is 0 Å². The average molecular weight is 268 g/mol. The van der Waals surface area contributed by atoms with Gasteiger partial charge in [-0.25, -0.2) is 0 Å². The van der Waals surface area contributed by atoms with E-state index in [1.807, 2.05) is 30.3 Å². The quantitative estimate of drug-likeness (QED) is 0.499. The van der Waals surface area contributed by atoms with Crippen molar-refractivity contribution in [2.75, 3.05) is 0 Å². The summed E-state index contributed by atoms with van der Waals surface area (Å²) in [6.45, 7) is 3.72. The van der Waals surface area contributed by atoms with Gasteiger partial charge in [0.25, 0.3) is 0 Å². The van der Waals surface area contributed by atoms with Gasteiger partial charge in [0.15, 0.2) is 0 Å². The van der Waals surface area contributed by atoms with E-state index < -0.39 is 0 Å². The predicted octanol–water partition coefficient (Wildman–Crippen LogP) is 3.34. The third-order valence-corrected chi connectivity index (χ3v) is 0.843. The zero-order chi connectivity index (χ0) is 5.11. The SMILES string of the molecule is Br.[CH2-]c1ccccc1.[CH3-].[CH3-].[Zn]. The van der Waals surface area contributed by atoms with Gasteiger partial charge in [0.1, 0.15) is 0 Å². The molecular formula is C9H14BrZn-3. The third kappa shape index (κ3) is 10.2. The van der Waals surface area contributed by atoms with E-state index in [1.54, 1.807) is 0 Å². The van der Waals surface area contributed by atoms with E-state index in [4.69, 9.17) is 0 Å². The van der Waals surface area contributed by atoms with Crippen molar-refractivity contribution in [3.8, 4) is 0 Å². The number of halogens is 1. The van der Waals surface area contributed by atoms with Crippen molar-refractivity contribution < 1.29 is 19.5 Å². The first-order valence-corrected chi connectivity index (χ1v) is 2.26. The van der Waals surface area contributed by atoms with Crippen LogP contribution >= 0.6 is 17.0 Å². The molecule has 62 valence electrons. The summed E-state index contributed by atoms with van der Waals surface area (Å²) in [7, 11) is 0. The summed E-state index contributed by atoms with van der Waals surface area (Å²) in [5.74, 6) is 0. The maximum absolute atomic E-state index is 3.72. The van der Waals surface area contributed by atoms with Crippen LogP contribution in [0.2, 0.25) is 0 Å². The molecule has 0 spiro atoms. The fourth-order valence-corrected chi connectivity index (χ4v) is 0.478. The Hall–Kier alpha value is 0.193. The Bertz CT molecular complexity index is 139. The molecule has 2 heteroatoms. The van der Waals surface area contributed by atoms with E-state index >= 15 is 0 Å². The van der Waals surface area contributed by atoms with Gasteiger partial charge in [-0.2, -0.15) is 24.6 Å². The summed E-state index contributed by atoms with van der Waals surface area (Å²) >= 11 is 0. The average Bonchev–Trinajstić information content (AvgIpc) is 1.69. The maximum atomic E-state index is 3.72. The van der Waals surface area contributed by atoms with Gasteiger partial charge in [0.2, 0.25) is 0 Å². The Morgan fingerprint density at radius 3 is 1.45 bits per heavy atom. The van der Waals surface area contributed by atoms with Crippen LogP contribution in [0.1, 0.15) is 5.56 Å². The Kier molecular flexibility index (Phi) is 26.2. The first-order valence-electron chi connectivity index (χ1n) is 2.26. The van der Waals surface area contributed by atoms with Crippen molar-refractivity contribution in [2.24, 2.45) is 0 Å². The third-order valence-electron chi connectivity index (χ3n) is 0.843. The van der Waals surface area contributed by atoms with Crippen molar-refractivity contribution in [3.05, 3.63) is 57.7 Å². The number of rotatable bonds is 0. The molecule has 0 saturated carbocycles. The van der Waals surface area contributed by atoms with Crippen molar-refractivity contribution in [2.45, 2.75) is 0 Å². The molecule has 0 radical (unpaired) electrons. The summed E-state index contributed by atoms with van der Waals surface area (Å²) in [5, 5.41) is 0. The van der Waals surface area contributed by atoms with Crippen LogP contribution in [0.15, 0.2) is 30.3 Å². The molecule has 1 rings (SSSR count). The standard InChI is InChI=1S/C7H7.2CH3.BrH.Zn/c1-7-5-3-2-4-6-7;;;;/h2-6H,1H2;2*1H3;1H;/q3*-1;;. The van der Waals surface area contributed by atoms with E-state index in [2.05, 4.69) is 6.92 Å². The zero-order valence-corrected chi connectivity index (χ0v) is 11.9.